The predicted molar refractivity (Wildman–Crippen MR) is 112 cm³/mol. The normalized spacial score (nSPS) is 15.6. The van der Waals surface area contributed by atoms with Crippen LogP contribution in [0.5, 0.6) is 0 Å². The molecule has 1 fully saturated rings. The van der Waals surface area contributed by atoms with E-state index in [9.17, 15) is 10.1 Å². The molecule has 0 atom stereocenters. The van der Waals surface area contributed by atoms with Gasteiger partial charge in [0.25, 0.3) is 5.69 Å². The number of nitrogens with zero attached hydrogens (tertiary/aromatic N) is 3. The quantitative estimate of drug-likeness (QED) is 0.388. The summed E-state index contributed by atoms with van der Waals surface area (Å²) in [5.74, 6) is 0. The molecule has 6 heteroatoms. The molecule has 1 saturated heterocycles. The maximum absolute atomic E-state index is 11.0. The van der Waals surface area contributed by atoms with Crippen LogP contribution >= 0.6 is 0 Å². The van der Waals surface area contributed by atoms with Crippen LogP contribution in [0.1, 0.15) is 24.0 Å². The van der Waals surface area contributed by atoms with Crippen LogP contribution in [-0.4, -0.2) is 54.0 Å². The second-order valence-electron chi connectivity index (χ2n) is 7.37. The van der Waals surface area contributed by atoms with E-state index in [1.165, 1.54) is 5.56 Å². The fourth-order valence-corrected chi connectivity index (χ4v) is 3.66. The smallest absolute Gasteiger partial charge is 0.273 e. The largest absolute Gasteiger partial charge is 0.312 e. The fourth-order valence-electron chi connectivity index (χ4n) is 3.66. The lowest BCUT2D eigenvalue weighted by molar-refractivity contribution is -0.385. The summed E-state index contributed by atoms with van der Waals surface area (Å²) in [5.41, 5.74) is 2.34. The van der Waals surface area contributed by atoms with Crippen LogP contribution in [0.3, 0.4) is 0 Å². The standard InChI is InChI=1S/C22H30N4O2/c27-26(28)22-11-5-4-10-21(22)18-23-12-6-7-13-24-14-16-25(17-15-24)19-20-8-2-1-3-9-20/h1-5,8-11,23H,6-7,12-19H2. The molecule has 6 nitrogen and oxygen atoms in total. The Morgan fingerprint density at radius 1 is 0.893 bits per heavy atom. The Hall–Kier alpha value is -2.28. The van der Waals surface area contributed by atoms with Gasteiger partial charge in [0.05, 0.1) is 4.92 Å². The Morgan fingerprint density at radius 2 is 1.57 bits per heavy atom. The lowest BCUT2D eigenvalue weighted by Crippen LogP contribution is -2.46. The fraction of sp³-hybridized carbons (Fsp3) is 0.455. The summed E-state index contributed by atoms with van der Waals surface area (Å²) in [7, 11) is 0. The van der Waals surface area contributed by atoms with Gasteiger partial charge in [0, 0.05) is 50.9 Å². The van der Waals surface area contributed by atoms with Crippen molar-refractivity contribution >= 4 is 5.69 Å². The number of nitro benzene ring substituents is 1. The minimum atomic E-state index is -0.311. The monoisotopic (exact) mass is 382 g/mol. The number of para-hydroxylation sites is 1. The van der Waals surface area contributed by atoms with Gasteiger partial charge in [-0.05, 0) is 31.5 Å². The summed E-state index contributed by atoms with van der Waals surface area (Å²) in [5, 5.41) is 14.4. The van der Waals surface area contributed by atoms with Gasteiger partial charge in [-0.1, -0.05) is 48.5 Å². The molecule has 0 bridgehead atoms. The molecular formula is C22H30N4O2. The van der Waals surface area contributed by atoms with Crippen LogP contribution in [0.2, 0.25) is 0 Å². The predicted octanol–water partition coefficient (Wildman–Crippen LogP) is 3.28. The topological polar surface area (TPSA) is 61.7 Å². The van der Waals surface area contributed by atoms with E-state index in [0.29, 0.717) is 6.54 Å². The first kappa shape index (κ1) is 20.5. The average Bonchev–Trinajstić information content (AvgIpc) is 2.73. The Labute approximate surface area is 167 Å². The molecule has 150 valence electrons. The van der Waals surface area contributed by atoms with Crippen molar-refractivity contribution in [3.63, 3.8) is 0 Å². The lowest BCUT2D eigenvalue weighted by atomic mass is 10.1. The Morgan fingerprint density at radius 3 is 2.32 bits per heavy atom. The van der Waals surface area contributed by atoms with Crippen LogP contribution in [0.4, 0.5) is 5.69 Å². The first-order chi connectivity index (χ1) is 13.7. The van der Waals surface area contributed by atoms with Crippen LogP contribution < -0.4 is 5.32 Å². The number of hydrogen-bond donors (Lipinski definition) is 1. The first-order valence-electron chi connectivity index (χ1n) is 10.1. The van der Waals surface area contributed by atoms with Gasteiger partial charge >= 0.3 is 0 Å². The van der Waals surface area contributed by atoms with Gasteiger partial charge < -0.3 is 10.2 Å². The molecule has 28 heavy (non-hydrogen) atoms. The summed E-state index contributed by atoms with van der Waals surface area (Å²) in [6, 6.07) is 17.6. The highest BCUT2D eigenvalue weighted by molar-refractivity contribution is 5.39. The van der Waals surface area contributed by atoms with E-state index in [1.807, 2.05) is 12.1 Å². The molecule has 2 aromatic rings. The summed E-state index contributed by atoms with van der Waals surface area (Å²) < 4.78 is 0. The molecule has 1 aliphatic heterocycles. The number of hydrogen-bond acceptors (Lipinski definition) is 5. The van der Waals surface area contributed by atoms with E-state index in [2.05, 4.69) is 45.4 Å². The number of piperazine rings is 1. The summed E-state index contributed by atoms with van der Waals surface area (Å²) >= 11 is 0. The summed E-state index contributed by atoms with van der Waals surface area (Å²) in [4.78, 5) is 15.8. The van der Waals surface area contributed by atoms with Crippen molar-refractivity contribution in [1.29, 1.82) is 0 Å². The third kappa shape index (κ3) is 6.41. The van der Waals surface area contributed by atoms with Crippen LogP contribution in [0.15, 0.2) is 54.6 Å². The maximum atomic E-state index is 11.0. The van der Waals surface area contributed by atoms with Crippen molar-refractivity contribution < 1.29 is 4.92 Å². The van der Waals surface area contributed by atoms with Crippen molar-refractivity contribution in [2.24, 2.45) is 0 Å². The average molecular weight is 383 g/mol. The van der Waals surface area contributed by atoms with Crippen molar-refractivity contribution in [1.82, 2.24) is 15.1 Å². The van der Waals surface area contributed by atoms with E-state index < -0.39 is 0 Å². The van der Waals surface area contributed by atoms with E-state index in [1.54, 1.807) is 12.1 Å². The van der Waals surface area contributed by atoms with E-state index in [4.69, 9.17) is 0 Å². The number of nitro groups is 1. The van der Waals surface area contributed by atoms with E-state index in [0.717, 1.165) is 64.2 Å². The zero-order valence-electron chi connectivity index (χ0n) is 16.4. The Kier molecular flexibility index (Phi) is 7.96. The van der Waals surface area contributed by atoms with E-state index >= 15 is 0 Å². The Balaban J connectivity index is 1.26. The van der Waals surface area contributed by atoms with Crippen molar-refractivity contribution in [3.05, 3.63) is 75.8 Å². The first-order valence-corrected chi connectivity index (χ1v) is 10.1. The van der Waals surface area contributed by atoms with E-state index in [-0.39, 0.29) is 10.6 Å². The van der Waals surface area contributed by atoms with Gasteiger partial charge in [-0.15, -0.1) is 0 Å². The zero-order valence-corrected chi connectivity index (χ0v) is 16.4. The van der Waals surface area contributed by atoms with Gasteiger partial charge in [-0.3, -0.25) is 15.0 Å². The highest BCUT2D eigenvalue weighted by atomic mass is 16.6. The molecule has 2 aromatic carbocycles. The highest BCUT2D eigenvalue weighted by Crippen LogP contribution is 2.17. The molecule has 0 spiro atoms. The second-order valence-corrected chi connectivity index (χ2v) is 7.37. The summed E-state index contributed by atoms with van der Waals surface area (Å²) in [6.45, 7) is 8.15. The number of rotatable bonds is 10. The molecule has 0 saturated carbocycles. The zero-order chi connectivity index (χ0) is 19.6. The van der Waals surface area contributed by atoms with Crippen molar-refractivity contribution in [2.75, 3.05) is 39.3 Å². The lowest BCUT2D eigenvalue weighted by Gasteiger charge is -2.34. The molecule has 0 amide bonds. The third-order valence-electron chi connectivity index (χ3n) is 5.30. The molecular weight excluding hydrogens is 352 g/mol. The van der Waals surface area contributed by atoms with Crippen LogP contribution in [0, 0.1) is 10.1 Å². The van der Waals surface area contributed by atoms with Gasteiger partial charge in [0.15, 0.2) is 0 Å². The molecule has 0 aromatic heterocycles. The summed E-state index contributed by atoms with van der Waals surface area (Å²) in [6.07, 6.45) is 2.24. The molecule has 1 aliphatic rings. The second kappa shape index (κ2) is 10.9. The van der Waals surface area contributed by atoms with Gasteiger partial charge in [0.2, 0.25) is 0 Å². The van der Waals surface area contributed by atoms with Gasteiger partial charge in [-0.2, -0.15) is 0 Å². The van der Waals surface area contributed by atoms with Crippen molar-refractivity contribution in [3.8, 4) is 0 Å². The third-order valence-corrected chi connectivity index (χ3v) is 5.30. The SMILES string of the molecule is O=[N+]([O-])c1ccccc1CNCCCCN1CCN(Cc2ccccc2)CC1. The minimum Gasteiger partial charge on any atom is -0.312 e. The number of benzene rings is 2. The van der Waals surface area contributed by atoms with Crippen LogP contribution in [-0.2, 0) is 13.1 Å². The van der Waals surface area contributed by atoms with Gasteiger partial charge in [-0.25, -0.2) is 0 Å². The van der Waals surface area contributed by atoms with Crippen molar-refractivity contribution in [2.45, 2.75) is 25.9 Å². The Bertz CT molecular complexity index is 730. The molecule has 0 radical (unpaired) electrons. The number of unbranched alkanes of at least 4 members (excludes halogenated alkanes) is 1. The maximum Gasteiger partial charge on any atom is 0.273 e. The highest BCUT2D eigenvalue weighted by Gasteiger charge is 2.16. The van der Waals surface area contributed by atoms with Gasteiger partial charge in [0.1, 0.15) is 0 Å². The molecule has 1 N–H and O–H groups in total. The number of nitrogens with one attached hydrogen (secondary N) is 1. The molecule has 3 rings (SSSR count). The molecule has 1 heterocycles. The molecule has 0 unspecified atom stereocenters. The van der Waals surface area contributed by atoms with Crippen LogP contribution in [0.25, 0.3) is 0 Å². The minimum absolute atomic E-state index is 0.198. The molecule has 0 aliphatic carbocycles.